The molecule has 1 saturated heterocycles. The van der Waals surface area contributed by atoms with Crippen molar-refractivity contribution < 1.29 is 19.2 Å². The fourth-order valence-corrected chi connectivity index (χ4v) is 3.50. The van der Waals surface area contributed by atoms with Crippen LogP contribution in [-0.2, 0) is 25.6 Å². The zero-order chi connectivity index (χ0) is 23.7. The number of hydrogen-bond donors (Lipinski definition) is 4. The van der Waals surface area contributed by atoms with Gasteiger partial charge in [0.05, 0.1) is 6.54 Å². The first-order chi connectivity index (χ1) is 15.2. The highest BCUT2D eigenvalue weighted by Gasteiger charge is 2.32. The van der Waals surface area contributed by atoms with Crippen molar-refractivity contribution in [2.45, 2.75) is 51.7 Å². The van der Waals surface area contributed by atoms with Gasteiger partial charge in [-0.25, -0.2) is 0 Å². The predicted molar refractivity (Wildman–Crippen MR) is 122 cm³/mol. The Kier molecular flexibility index (Phi) is 9.64. The number of likely N-dealkylation sites (N-methyl/N-ethyl adjacent to an activating group) is 1. The summed E-state index contributed by atoms with van der Waals surface area (Å²) in [7, 11) is 1.54. The standard InChI is InChI=1S/C23H35N5O4/c1-15(2)12-19-23(32)28(4)16(3)21(30)27-18(13-17-8-6-5-7-9-17)22(31)25-11-10-24-14-20(29)26-19/h5-9,15-16,18-19,24H,10-14H2,1-4H3,(H,25,31)(H,26,29)(H,27,30)/t16-,18-,19-/m0/s1. The van der Waals surface area contributed by atoms with Crippen LogP contribution in [0.2, 0.25) is 0 Å². The maximum atomic E-state index is 13.1. The largest absolute Gasteiger partial charge is 0.353 e. The van der Waals surface area contributed by atoms with Gasteiger partial charge in [0.25, 0.3) is 0 Å². The second-order valence-corrected chi connectivity index (χ2v) is 8.59. The highest BCUT2D eigenvalue weighted by molar-refractivity contribution is 5.94. The summed E-state index contributed by atoms with van der Waals surface area (Å²) in [5, 5.41) is 11.3. The summed E-state index contributed by atoms with van der Waals surface area (Å²) in [6.45, 7) is 6.26. The molecule has 0 saturated carbocycles. The van der Waals surface area contributed by atoms with Crippen molar-refractivity contribution in [3.05, 3.63) is 35.9 Å². The molecular weight excluding hydrogens is 410 g/mol. The molecular formula is C23H35N5O4. The van der Waals surface area contributed by atoms with Gasteiger partial charge in [-0.3, -0.25) is 19.2 Å². The second kappa shape index (κ2) is 12.2. The predicted octanol–water partition coefficient (Wildman–Crippen LogP) is -0.189. The Morgan fingerprint density at radius 2 is 1.66 bits per heavy atom. The summed E-state index contributed by atoms with van der Waals surface area (Å²) in [4.78, 5) is 52.5. The van der Waals surface area contributed by atoms with Gasteiger partial charge in [0.1, 0.15) is 18.1 Å². The first-order valence-electron chi connectivity index (χ1n) is 11.1. The molecule has 1 heterocycles. The lowest BCUT2D eigenvalue weighted by Gasteiger charge is -2.30. The number of nitrogens with zero attached hydrogens (tertiary/aromatic N) is 1. The van der Waals surface area contributed by atoms with E-state index in [-0.39, 0.29) is 30.2 Å². The SMILES string of the molecule is CC(C)C[C@@H]1NC(=O)CNCCNC(=O)[C@H](Cc2ccccc2)NC(=O)[C@H](C)N(C)C1=O. The molecule has 1 aromatic rings. The number of hydrogen-bond acceptors (Lipinski definition) is 5. The van der Waals surface area contributed by atoms with E-state index in [1.165, 1.54) is 11.9 Å². The molecule has 9 heteroatoms. The lowest BCUT2D eigenvalue weighted by molar-refractivity contribution is -0.142. The lowest BCUT2D eigenvalue weighted by atomic mass is 10.0. The Bertz CT molecular complexity index is 799. The highest BCUT2D eigenvalue weighted by atomic mass is 16.2. The average molecular weight is 446 g/mol. The van der Waals surface area contributed by atoms with E-state index < -0.39 is 24.0 Å². The molecule has 0 aliphatic carbocycles. The molecule has 32 heavy (non-hydrogen) atoms. The number of carbonyl (C=O) groups excluding carboxylic acids is 4. The first-order valence-corrected chi connectivity index (χ1v) is 11.1. The summed E-state index contributed by atoms with van der Waals surface area (Å²) >= 11 is 0. The average Bonchev–Trinajstić information content (AvgIpc) is 2.76. The van der Waals surface area contributed by atoms with Crippen molar-refractivity contribution in [1.82, 2.24) is 26.2 Å². The topological polar surface area (TPSA) is 120 Å². The number of amides is 4. The van der Waals surface area contributed by atoms with E-state index in [0.29, 0.717) is 25.9 Å². The van der Waals surface area contributed by atoms with Gasteiger partial charge in [-0.2, -0.15) is 0 Å². The molecule has 4 amide bonds. The molecule has 1 fully saturated rings. The fourth-order valence-electron chi connectivity index (χ4n) is 3.50. The van der Waals surface area contributed by atoms with Crippen LogP contribution in [0, 0.1) is 5.92 Å². The molecule has 176 valence electrons. The summed E-state index contributed by atoms with van der Waals surface area (Å²) in [6, 6.07) is 7.09. The van der Waals surface area contributed by atoms with Gasteiger partial charge in [-0.05, 0) is 24.8 Å². The van der Waals surface area contributed by atoms with Gasteiger partial charge in [0, 0.05) is 26.6 Å². The maximum Gasteiger partial charge on any atom is 0.245 e. The Morgan fingerprint density at radius 3 is 2.31 bits per heavy atom. The molecule has 1 aromatic carbocycles. The molecule has 9 nitrogen and oxygen atoms in total. The van der Waals surface area contributed by atoms with E-state index in [2.05, 4.69) is 21.3 Å². The van der Waals surface area contributed by atoms with Gasteiger partial charge in [0.2, 0.25) is 23.6 Å². The molecule has 4 N–H and O–H groups in total. The number of carbonyl (C=O) groups is 4. The Hall–Kier alpha value is -2.94. The van der Waals surface area contributed by atoms with Crippen molar-refractivity contribution in [2.75, 3.05) is 26.7 Å². The van der Waals surface area contributed by atoms with E-state index >= 15 is 0 Å². The van der Waals surface area contributed by atoms with Crippen molar-refractivity contribution in [3.8, 4) is 0 Å². The molecule has 0 unspecified atom stereocenters. The van der Waals surface area contributed by atoms with E-state index in [1.807, 2.05) is 44.2 Å². The lowest BCUT2D eigenvalue weighted by Crippen LogP contribution is -2.56. The van der Waals surface area contributed by atoms with Crippen LogP contribution >= 0.6 is 0 Å². The van der Waals surface area contributed by atoms with E-state index in [0.717, 1.165) is 5.56 Å². The number of rotatable bonds is 4. The third-order valence-corrected chi connectivity index (χ3v) is 5.45. The minimum absolute atomic E-state index is 0.0294. The van der Waals surface area contributed by atoms with E-state index in [4.69, 9.17) is 0 Å². The Balaban J connectivity index is 2.24. The monoisotopic (exact) mass is 445 g/mol. The molecule has 0 radical (unpaired) electrons. The molecule has 0 bridgehead atoms. The zero-order valence-electron chi connectivity index (χ0n) is 19.3. The normalized spacial score (nSPS) is 24.3. The Morgan fingerprint density at radius 1 is 0.969 bits per heavy atom. The second-order valence-electron chi connectivity index (χ2n) is 8.59. The zero-order valence-corrected chi connectivity index (χ0v) is 19.3. The summed E-state index contributed by atoms with van der Waals surface area (Å²) in [5.74, 6) is -1.22. The molecule has 0 spiro atoms. The minimum Gasteiger partial charge on any atom is -0.353 e. The van der Waals surface area contributed by atoms with Crippen LogP contribution in [0.25, 0.3) is 0 Å². The van der Waals surface area contributed by atoms with Gasteiger partial charge in [-0.1, -0.05) is 44.2 Å². The van der Waals surface area contributed by atoms with Crippen LogP contribution < -0.4 is 21.3 Å². The third kappa shape index (κ3) is 7.64. The molecule has 1 aliphatic heterocycles. The van der Waals surface area contributed by atoms with Crippen LogP contribution in [0.15, 0.2) is 30.3 Å². The quantitative estimate of drug-likeness (QED) is 0.512. The fraction of sp³-hybridized carbons (Fsp3) is 0.565. The minimum atomic E-state index is -0.816. The highest BCUT2D eigenvalue weighted by Crippen LogP contribution is 2.11. The summed E-state index contributed by atoms with van der Waals surface area (Å²) < 4.78 is 0. The van der Waals surface area contributed by atoms with Crippen LogP contribution in [-0.4, -0.2) is 73.3 Å². The van der Waals surface area contributed by atoms with Crippen LogP contribution in [0.1, 0.15) is 32.8 Å². The summed E-state index contributed by atoms with van der Waals surface area (Å²) in [6.07, 6.45) is 0.784. The summed E-state index contributed by atoms with van der Waals surface area (Å²) in [5.41, 5.74) is 0.910. The third-order valence-electron chi connectivity index (χ3n) is 5.45. The Labute approximate surface area is 189 Å². The molecule has 3 atom stereocenters. The van der Waals surface area contributed by atoms with Gasteiger partial charge >= 0.3 is 0 Å². The molecule has 0 aromatic heterocycles. The van der Waals surface area contributed by atoms with Crippen molar-refractivity contribution in [2.24, 2.45) is 5.92 Å². The van der Waals surface area contributed by atoms with Crippen molar-refractivity contribution >= 4 is 23.6 Å². The van der Waals surface area contributed by atoms with Crippen molar-refractivity contribution in [3.63, 3.8) is 0 Å². The van der Waals surface area contributed by atoms with Gasteiger partial charge in [-0.15, -0.1) is 0 Å². The maximum absolute atomic E-state index is 13.1. The van der Waals surface area contributed by atoms with E-state index in [1.54, 1.807) is 6.92 Å². The van der Waals surface area contributed by atoms with Gasteiger partial charge in [0.15, 0.2) is 0 Å². The van der Waals surface area contributed by atoms with Crippen molar-refractivity contribution in [1.29, 1.82) is 0 Å². The van der Waals surface area contributed by atoms with Crippen LogP contribution in [0.5, 0.6) is 0 Å². The smallest absolute Gasteiger partial charge is 0.245 e. The van der Waals surface area contributed by atoms with Crippen LogP contribution in [0.3, 0.4) is 0 Å². The molecule has 2 rings (SSSR count). The number of nitrogens with one attached hydrogen (secondary N) is 4. The molecule has 1 aliphatic rings. The van der Waals surface area contributed by atoms with Crippen LogP contribution in [0.4, 0.5) is 0 Å². The first kappa shape index (κ1) is 25.3. The van der Waals surface area contributed by atoms with E-state index in [9.17, 15) is 19.2 Å². The number of benzene rings is 1. The van der Waals surface area contributed by atoms with Gasteiger partial charge < -0.3 is 26.2 Å².